The van der Waals surface area contributed by atoms with Gasteiger partial charge in [-0.1, -0.05) is 39.0 Å². The molecular formula is C36H44F2N4O5. The second-order valence-corrected chi connectivity index (χ2v) is 12.2. The number of benzene rings is 3. The molecule has 0 aromatic heterocycles. The van der Waals surface area contributed by atoms with E-state index >= 15 is 0 Å². The highest BCUT2D eigenvalue weighted by atomic mass is 19.1. The summed E-state index contributed by atoms with van der Waals surface area (Å²) in [5.74, 6) is -5.16. The first-order valence-electron chi connectivity index (χ1n) is 16.1. The highest BCUT2D eigenvalue weighted by Crippen LogP contribution is 2.36. The lowest BCUT2D eigenvalue weighted by Gasteiger charge is -2.31. The van der Waals surface area contributed by atoms with Gasteiger partial charge in [0, 0.05) is 54.7 Å². The van der Waals surface area contributed by atoms with Crippen molar-refractivity contribution in [3.63, 3.8) is 0 Å². The molecule has 47 heavy (non-hydrogen) atoms. The maximum atomic E-state index is 14.4. The Morgan fingerprint density at radius 3 is 2.13 bits per heavy atom. The minimum absolute atomic E-state index is 0.0457. The highest BCUT2D eigenvalue weighted by molar-refractivity contribution is 6.06. The minimum atomic E-state index is -1.36. The SMILES string of the molecule is CCCN(CCC)C(=O)c1cc(C(N)=O)cc(C(N)=O)c1[C@H](Cc1cc(F)cc(F)c1)[C@@H](O)CN[C@@H]1c2cc(CC)ccc2C[C@@H]1O. The third-order valence-corrected chi connectivity index (χ3v) is 8.76. The van der Waals surface area contributed by atoms with E-state index in [4.69, 9.17) is 11.5 Å². The molecule has 3 amide bonds. The molecule has 0 saturated carbocycles. The molecular weight excluding hydrogens is 606 g/mol. The Labute approximate surface area is 274 Å². The van der Waals surface area contributed by atoms with Gasteiger partial charge >= 0.3 is 0 Å². The summed E-state index contributed by atoms with van der Waals surface area (Å²) in [5, 5.41) is 26.1. The Morgan fingerprint density at radius 2 is 1.55 bits per heavy atom. The topological polar surface area (TPSA) is 159 Å². The van der Waals surface area contributed by atoms with Gasteiger partial charge in [-0.2, -0.15) is 0 Å². The zero-order chi connectivity index (χ0) is 34.4. The van der Waals surface area contributed by atoms with E-state index in [9.17, 15) is 33.4 Å². The molecule has 0 unspecified atom stereocenters. The van der Waals surface area contributed by atoms with Gasteiger partial charge in [0.1, 0.15) is 11.6 Å². The number of aliphatic hydroxyl groups is 2. The van der Waals surface area contributed by atoms with Crippen LogP contribution in [0.15, 0.2) is 48.5 Å². The van der Waals surface area contributed by atoms with Crippen LogP contribution in [-0.4, -0.2) is 64.7 Å². The quantitative estimate of drug-likeness (QED) is 0.168. The molecule has 0 aliphatic heterocycles. The molecule has 1 aliphatic carbocycles. The Morgan fingerprint density at radius 1 is 0.915 bits per heavy atom. The summed E-state index contributed by atoms with van der Waals surface area (Å²) in [6.07, 6.45) is 0.145. The number of carbonyl (C=O) groups excluding carboxylic acids is 3. The average Bonchev–Trinajstić information content (AvgIpc) is 3.34. The molecule has 9 nitrogen and oxygen atoms in total. The number of fused-ring (bicyclic) bond motifs is 1. The van der Waals surface area contributed by atoms with E-state index in [1.165, 1.54) is 12.1 Å². The average molecular weight is 651 g/mol. The van der Waals surface area contributed by atoms with Gasteiger partial charge in [-0.05, 0) is 77.8 Å². The normalized spacial score (nSPS) is 16.8. The lowest BCUT2D eigenvalue weighted by Crippen LogP contribution is -2.40. The number of carbonyl (C=O) groups is 3. The van der Waals surface area contributed by atoms with Crippen molar-refractivity contribution in [3.8, 4) is 0 Å². The molecule has 3 aromatic rings. The molecule has 1 aliphatic rings. The van der Waals surface area contributed by atoms with Crippen LogP contribution in [0.5, 0.6) is 0 Å². The lowest BCUT2D eigenvalue weighted by atomic mass is 9.80. The third kappa shape index (κ3) is 8.22. The molecule has 0 fully saturated rings. The zero-order valence-corrected chi connectivity index (χ0v) is 27.1. The number of primary amides is 2. The number of aliphatic hydroxyl groups excluding tert-OH is 2. The molecule has 7 N–H and O–H groups in total. The minimum Gasteiger partial charge on any atom is -0.391 e. The first-order valence-corrected chi connectivity index (χ1v) is 16.1. The Balaban J connectivity index is 1.85. The molecule has 11 heteroatoms. The van der Waals surface area contributed by atoms with Crippen molar-refractivity contribution in [1.29, 1.82) is 0 Å². The second kappa shape index (κ2) is 15.6. The number of nitrogens with two attached hydrogens (primary N) is 2. The van der Waals surface area contributed by atoms with Gasteiger partial charge in [-0.25, -0.2) is 8.78 Å². The van der Waals surface area contributed by atoms with Crippen molar-refractivity contribution >= 4 is 17.7 Å². The number of nitrogens with zero attached hydrogens (tertiary/aromatic N) is 1. The molecule has 3 aromatic carbocycles. The van der Waals surface area contributed by atoms with E-state index in [2.05, 4.69) is 5.32 Å². The van der Waals surface area contributed by atoms with Crippen LogP contribution in [0.25, 0.3) is 0 Å². The molecule has 4 rings (SSSR count). The fraction of sp³-hybridized carbons (Fsp3) is 0.417. The molecule has 252 valence electrons. The molecule has 0 heterocycles. The summed E-state index contributed by atoms with van der Waals surface area (Å²) in [6, 6.07) is 10.9. The van der Waals surface area contributed by atoms with Crippen molar-refractivity contribution in [3.05, 3.63) is 105 Å². The van der Waals surface area contributed by atoms with E-state index in [1.807, 2.05) is 39.0 Å². The van der Waals surface area contributed by atoms with Crippen LogP contribution in [0.3, 0.4) is 0 Å². The molecule has 0 bridgehead atoms. The van der Waals surface area contributed by atoms with Gasteiger partial charge in [-0.15, -0.1) is 0 Å². The van der Waals surface area contributed by atoms with Crippen LogP contribution in [0.1, 0.15) is 104 Å². The number of halogens is 2. The van der Waals surface area contributed by atoms with Crippen molar-refractivity contribution < 1.29 is 33.4 Å². The summed E-state index contributed by atoms with van der Waals surface area (Å²) in [4.78, 5) is 41.1. The van der Waals surface area contributed by atoms with Crippen LogP contribution in [0.4, 0.5) is 8.78 Å². The zero-order valence-electron chi connectivity index (χ0n) is 27.1. The van der Waals surface area contributed by atoms with Gasteiger partial charge < -0.3 is 31.9 Å². The number of amides is 3. The number of nitrogens with one attached hydrogen (secondary N) is 1. The summed E-state index contributed by atoms with van der Waals surface area (Å²) in [5.41, 5.74) is 14.2. The van der Waals surface area contributed by atoms with E-state index in [1.54, 1.807) is 4.90 Å². The van der Waals surface area contributed by atoms with Crippen molar-refractivity contribution in [2.75, 3.05) is 19.6 Å². The van der Waals surface area contributed by atoms with Crippen molar-refractivity contribution in [1.82, 2.24) is 10.2 Å². The van der Waals surface area contributed by atoms with E-state index in [0.29, 0.717) is 32.4 Å². The Bertz CT molecular complexity index is 1600. The van der Waals surface area contributed by atoms with Gasteiger partial charge in [0.2, 0.25) is 11.8 Å². The summed E-state index contributed by atoms with van der Waals surface area (Å²) >= 11 is 0. The molecule has 0 saturated heterocycles. The summed E-state index contributed by atoms with van der Waals surface area (Å²) < 4.78 is 28.8. The number of aryl methyl sites for hydroxylation is 1. The third-order valence-electron chi connectivity index (χ3n) is 8.76. The Kier molecular flexibility index (Phi) is 11.8. The Hall–Kier alpha value is -4.19. The number of hydrogen-bond acceptors (Lipinski definition) is 6. The number of hydrogen-bond donors (Lipinski definition) is 5. The maximum Gasteiger partial charge on any atom is 0.254 e. The van der Waals surface area contributed by atoms with Crippen LogP contribution in [0.2, 0.25) is 0 Å². The fourth-order valence-corrected chi connectivity index (χ4v) is 6.54. The largest absolute Gasteiger partial charge is 0.391 e. The number of rotatable bonds is 15. The van der Waals surface area contributed by atoms with Crippen molar-refractivity contribution in [2.45, 2.75) is 77.0 Å². The van der Waals surface area contributed by atoms with Gasteiger partial charge in [0.25, 0.3) is 5.91 Å². The molecule has 4 atom stereocenters. The maximum absolute atomic E-state index is 14.4. The lowest BCUT2D eigenvalue weighted by molar-refractivity contribution is 0.0750. The van der Waals surface area contributed by atoms with Gasteiger partial charge in [-0.3, -0.25) is 14.4 Å². The standard InChI is InChI=1S/C36H44F2N4O5/c1-4-9-42(10-5-2)36(47)29-16-23(34(39)45)15-28(35(40)46)32(29)27(14-21-11-24(37)18-25(38)12-21)31(44)19-41-33-26-13-20(6-3)7-8-22(26)17-30(33)43/h7-8,11-13,15-16,18,27,30-31,33,41,43-44H,4-6,9-10,14,17,19H2,1-3H3,(H2,39,45)(H2,40,46)/t27-,30+,31+,33-/m1/s1. The van der Waals surface area contributed by atoms with Crippen LogP contribution in [-0.2, 0) is 19.3 Å². The van der Waals surface area contributed by atoms with E-state index in [0.717, 1.165) is 41.3 Å². The fourth-order valence-electron chi connectivity index (χ4n) is 6.54. The van der Waals surface area contributed by atoms with Crippen LogP contribution < -0.4 is 16.8 Å². The second-order valence-electron chi connectivity index (χ2n) is 12.2. The van der Waals surface area contributed by atoms with Crippen LogP contribution in [0, 0.1) is 11.6 Å². The first-order chi connectivity index (χ1) is 22.4. The predicted octanol–water partition coefficient (Wildman–Crippen LogP) is 3.92. The smallest absolute Gasteiger partial charge is 0.254 e. The first kappa shape index (κ1) is 35.7. The van der Waals surface area contributed by atoms with Crippen molar-refractivity contribution in [2.24, 2.45) is 11.5 Å². The molecule has 0 radical (unpaired) electrons. The van der Waals surface area contributed by atoms with Gasteiger partial charge in [0.05, 0.1) is 18.2 Å². The van der Waals surface area contributed by atoms with Gasteiger partial charge in [0.15, 0.2) is 0 Å². The predicted molar refractivity (Wildman–Crippen MR) is 175 cm³/mol. The monoisotopic (exact) mass is 650 g/mol. The van der Waals surface area contributed by atoms with Crippen LogP contribution >= 0.6 is 0 Å². The van der Waals surface area contributed by atoms with E-state index < -0.39 is 53.5 Å². The summed E-state index contributed by atoms with van der Waals surface area (Å²) in [7, 11) is 0. The van der Waals surface area contributed by atoms with E-state index in [-0.39, 0.29) is 40.8 Å². The highest BCUT2D eigenvalue weighted by Gasteiger charge is 2.35. The summed E-state index contributed by atoms with van der Waals surface area (Å²) in [6.45, 7) is 6.46. The molecule has 0 spiro atoms.